The summed E-state index contributed by atoms with van der Waals surface area (Å²) in [6.07, 6.45) is 8.40. The molecule has 2 saturated heterocycles. The molecule has 3 aliphatic rings. The summed E-state index contributed by atoms with van der Waals surface area (Å²) in [7, 11) is 0. The molecule has 2 unspecified atom stereocenters. The van der Waals surface area contributed by atoms with Gasteiger partial charge in [0.05, 0.1) is 5.56 Å². The monoisotopic (exact) mass is 416 g/mol. The highest BCUT2D eigenvalue weighted by Crippen LogP contribution is 2.38. The second-order valence-electron chi connectivity index (χ2n) is 8.02. The molecule has 1 saturated carbocycles. The smallest absolute Gasteiger partial charge is 0.222 e. The third-order valence-electron chi connectivity index (χ3n) is 6.41. The first-order valence-corrected chi connectivity index (χ1v) is 10.5. The molecule has 3 heterocycles. The van der Waals surface area contributed by atoms with Crippen LogP contribution in [0, 0.1) is 29.1 Å². The molecule has 2 aliphatic heterocycles. The third-order valence-corrected chi connectivity index (χ3v) is 6.84. The van der Waals surface area contributed by atoms with Gasteiger partial charge in [-0.1, -0.05) is 6.42 Å². The number of hydrogen-bond acceptors (Lipinski definition) is 4. The van der Waals surface area contributed by atoms with E-state index in [2.05, 4.69) is 36.8 Å². The Labute approximate surface area is 163 Å². The van der Waals surface area contributed by atoms with Gasteiger partial charge in [0.25, 0.3) is 0 Å². The average molecular weight is 417 g/mol. The van der Waals surface area contributed by atoms with Crippen molar-refractivity contribution in [3.05, 3.63) is 22.3 Å². The number of fused-ring (bicyclic) bond motifs is 1. The highest BCUT2D eigenvalue weighted by molar-refractivity contribution is 9.10. The van der Waals surface area contributed by atoms with Gasteiger partial charge in [-0.2, -0.15) is 5.26 Å². The Morgan fingerprint density at radius 2 is 1.92 bits per heavy atom. The van der Waals surface area contributed by atoms with Crippen molar-refractivity contribution in [3.63, 3.8) is 0 Å². The van der Waals surface area contributed by atoms with Crippen LogP contribution in [0.4, 0.5) is 5.82 Å². The molecule has 1 aromatic heterocycles. The minimum atomic E-state index is 0.359. The lowest BCUT2D eigenvalue weighted by atomic mass is 9.92. The molecule has 2 atom stereocenters. The number of nitrogens with zero attached hydrogens (tertiary/aromatic N) is 4. The van der Waals surface area contributed by atoms with Gasteiger partial charge in [0, 0.05) is 43.3 Å². The third kappa shape index (κ3) is 3.59. The van der Waals surface area contributed by atoms with Crippen molar-refractivity contribution >= 4 is 27.7 Å². The van der Waals surface area contributed by atoms with Gasteiger partial charge in [0.2, 0.25) is 5.91 Å². The zero-order valence-corrected chi connectivity index (χ0v) is 16.6. The molecule has 0 radical (unpaired) electrons. The minimum absolute atomic E-state index is 0.359. The topological polar surface area (TPSA) is 60.2 Å². The van der Waals surface area contributed by atoms with Gasteiger partial charge in [-0.15, -0.1) is 0 Å². The quantitative estimate of drug-likeness (QED) is 0.755. The summed E-state index contributed by atoms with van der Waals surface area (Å²) in [5.74, 6) is 3.13. The molecular formula is C20H25BrN4O. The summed E-state index contributed by atoms with van der Waals surface area (Å²) in [5.41, 5.74) is 0.609. The molecule has 4 rings (SSSR count). The Morgan fingerprint density at radius 1 is 1.23 bits per heavy atom. The van der Waals surface area contributed by atoms with Crippen molar-refractivity contribution in [2.45, 2.75) is 38.5 Å². The van der Waals surface area contributed by atoms with Gasteiger partial charge in [-0.25, -0.2) is 4.98 Å². The average Bonchev–Trinajstić information content (AvgIpc) is 3.24. The summed E-state index contributed by atoms with van der Waals surface area (Å²) >= 11 is 3.37. The SMILES string of the molecule is N#Cc1cc(Br)cnc1N1CCC(CC(=O)N2CC3CCCC3C2)CC1. The van der Waals surface area contributed by atoms with E-state index in [4.69, 9.17) is 0 Å². The highest BCUT2D eigenvalue weighted by Gasteiger charge is 2.38. The number of aromatic nitrogens is 1. The number of amides is 1. The number of piperidine rings is 1. The van der Waals surface area contributed by atoms with E-state index in [1.165, 1.54) is 19.3 Å². The standard InChI is InChI=1S/C20H25BrN4O/c21-18-9-17(10-22)20(23-11-18)24-6-4-14(5-7-24)8-19(26)25-12-15-2-1-3-16(15)13-25/h9,11,14-16H,1-8,12-13H2. The Balaban J connectivity index is 1.30. The summed E-state index contributed by atoms with van der Waals surface area (Å²) in [5, 5.41) is 9.35. The molecule has 0 aromatic carbocycles. The predicted octanol–water partition coefficient (Wildman–Crippen LogP) is 3.58. The zero-order valence-electron chi connectivity index (χ0n) is 15.0. The first-order valence-electron chi connectivity index (χ1n) is 9.72. The molecule has 1 aliphatic carbocycles. The number of likely N-dealkylation sites (tertiary alicyclic amines) is 1. The summed E-state index contributed by atoms with van der Waals surface area (Å²) in [4.78, 5) is 21.4. The van der Waals surface area contributed by atoms with Crippen molar-refractivity contribution in [1.29, 1.82) is 5.26 Å². The van der Waals surface area contributed by atoms with Crippen LogP contribution >= 0.6 is 15.9 Å². The summed E-state index contributed by atoms with van der Waals surface area (Å²) in [6.45, 7) is 3.73. The van der Waals surface area contributed by atoms with E-state index in [1.807, 2.05) is 6.07 Å². The zero-order chi connectivity index (χ0) is 18.1. The largest absolute Gasteiger partial charge is 0.356 e. The maximum Gasteiger partial charge on any atom is 0.222 e. The van der Waals surface area contributed by atoms with Gasteiger partial charge < -0.3 is 9.80 Å². The van der Waals surface area contributed by atoms with E-state index in [1.54, 1.807) is 6.20 Å². The van der Waals surface area contributed by atoms with E-state index in [-0.39, 0.29) is 0 Å². The summed E-state index contributed by atoms with van der Waals surface area (Å²) in [6, 6.07) is 4.06. The number of pyridine rings is 1. The van der Waals surface area contributed by atoms with Crippen LogP contribution in [0.2, 0.25) is 0 Å². The van der Waals surface area contributed by atoms with E-state index in [9.17, 15) is 10.1 Å². The van der Waals surface area contributed by atoms with E-state index in [0.717, 1.165) is 61.1 Å². The Morgan fingerprint density at radius 3 is 2.58 bits per heavy atom. The summed E-state index contributed by atoms with van der Waals surface area (Å²) < 4.78 is 0.827. The van der Waals surface area contributed by atoms with Crippen LogP contribution in [0.15, 0.2) is 16.7 Å². The molecule has 0 spiro atoms. The number of halogens is 1. The molecule has 0 N–H and O–H groups in total. The van der Waals surface area contributed by atoms with Crippen molar-refractivity contribution in [2.24, 2.45) is 17.8 Å². The number of hydrogen-bond donors (Lipinski definition) is 0. The maximum atomic E-state index is 12.7. The molecule has 1 aromatic rings. The molecule has 26 heavy (non-hydrogen) atoms. The molecule has 138 valence electrons. The molecule has 5 nitrogen and oxygen atoms in total. The van der Waals surface area contributed by atoms with Gasteiger partial charge in [0.1, 0.15) is 11.9 Å². The lowest BCUT2D eigenvalue weighted by molar-refractivity contribution is -0.131. The lowest BCUT2D eigenvalue weighted by Crippen LogP contribution is -2.37. The lowest BCUT2D eigenvalue weighted by Gasteiger charge is -2.33. The number of anilines is 1. The first kappa shape index (κ1) is 17.8. The molecule has 1 amide bonds. The van der Waals surface area contributed by atoms with Crippen LogP contribution in [0.5, 0.6) is 0 Å². The molecular weight excluding hydrogens is 392 g/mol. The van der Waals surface area contributed by atoms with Gasteiger partial charge in [-0.3, -0.25) is 4.79 Å². The number of carbonyl (C=O) groups excluding carboxylic acids is 1. The number of rotatable bonds is 3. The van der Waals surface area contributed by atoms with E-state index in [0.29, 0.717) is 23.8 Å². The van der Waals surface area contributed by atoms with E-state index < -0.39 is 0 Å². The highest BCUT2D eigenvalue weighted by atomic mass is 79.9. The van der Waals surface area contributed by atoms with Crippen molar-refractivity contribution in [1.82, 2.24) is 9.88 Å². The Hall–Kier alpha value is -1.61. The Kier molecular flexibility index (Phi) is 5.17. The van der Waals surface area contributed by atoms with Gasteiger partial charge in [0.15, 0.2) is 0 Å². The fourth-order valence-electron chi connectivity index (χ4n) is 4.93. The van der Waals surface area contributed by atoms with Crippen molar-refractivity contribution in [3.8, 4) is 6.07 Å². The van der Waals surface area contributed by atoms with Crippen LogP contribution in [0.3, 0.4) is 0 Å². The minimum Gasteiger partial charge on any atom is -0.356 e. The van der Waals surface area contributed by atoms with Crippen LogP contribution in [0.25, 0.3) is 0 Å². The fourth-order valence-corrected chi connectivity index (χ4v) is 5.26. The predicted molar refractivity (Wildman–Crippen MR) is 104 cm³/mol. The van der Waals surface area contributed by atoms with Crippen LogP contribution < -0.4 is 4.90 Å². The molecule has 3 fully saturated rings. The fraction of sp³-hybridized carbons (Fsp3) is 0.650. The number of nitriles is 1. The van der Waals surface area contributed by atoms with Crippen molar-refractivity contribution in [2.75, 3.05) is 31.1 Å². The van der Waals surface area contributed by atoms with Gasteiger partial charge in [-0.05, 0) is 65.4 Å². The van der Waals surface area contributed by atoms with Crippen LogP contribution in [-0.4, -0.2) is 42.0 Å². The molecule has 0 bridgehead atoms. The molecule has 6 heteroatoms. The van der Waals surface area contributed by atoms with Crippen LogP contribution in [-0.2, 0) is 4.79 Å². The number of carbonyl (C=O) groups is 1. The van der Waals surface area contributed by atoms with Crippen molar-refractivity contribution < 1.29 is 4.79 Å². The Bertz CT molecular complexity index is 711. The van der Waals surface area contributed by atoms with Crippen LogP contribution in [0.1, 0.15) is 44.1 Å². The van der Waals surface area contributed by atoms with Gasteiger partial charge >= 0.3 is 0 Å². The second-order valence-corrected chi connectivity index (χ2v) is 8.94. The first-order chi connectivity index (χ1) is 12.6. The normalized spacial score (nSPS) is 26.0. The van der Waals surface area contributed by atoms with E-state index >= 15 is 0 Å². The maximum absolute atomic E-state index is 12.7. The second kappa shape index (κ2) is 7.56.